The Kier molecular flexibility index (Phi) is 5.02. The Balaban J connectivity index is 1.65. The molecule has 0 saturated carbocycles. The molecule has 1 saturated heterocycles. The highest BCUT2D eigenvalue weighted by Gasteiger charge is 2.36. The van der Waals surface area contributed by atoms with Crippen LogP contribution in [0.15, 0.2) is 48.5 Å². The molecule has 1 aliphatic rings. The Morgan fingerprint density at radius 2 is 1.85 bits per heavy atom. The normalized spacial score (nSPS) is 16.5. The summed E-state index contributed by atoms with van der Waals surface area (Å²) in [4.78, 5) is 37.7. The van der Waals surface area contributed by atoms with E-state index >= 15 is 0 Å². The SMILES string of the molecule is COC(=O)c1ccc(OC(=O)[C@H]2CC(=O)N(c3cccc(C)c3)C2)cc1. The molecule has 0 aliphatic carbocycles. The van der Waals surface area contributed by atoms with Gasteiger partial charge in [-0.2, -0.15) is 0 Å². The first-order valence-electron chi connectivity index (χ1n) is 8.25. The van der Waals surface area contributed by atoms with Crippen molar-refractivity contribution in [3.63, 3.8) is 0 Å². The smallest absolute Gasteiger partial charge is 0.337 e. The molecule has 0 bridgehead atoms. The van der Waals surface area contributed by atoms with E-state index in [4.69, 9.17) is 4.74 Å². The van der Waals surface area contributed by atoms with Crippen molar-refractivity contribution in [1.82, 2.24) is 0 Å². The van der Waals surface area contributed by atoms with Gasteiger partial charge in [-0.15, -0.1) is 0 Å². The fraction of sp³-hybridized carbons (Fsp3) is 0.250. The van der Waals surface area contributed by atoms with Crippen molar-refractivity contribution in [3.05, 3.63) is 59.7 Å². The first-order chi connectivity index (χ1) is 12.5. The van der Waals surface area contributed by atoms with Gasteiger partial charge in [0.05, 0.1) is 18.6 Å². The molecule has 2 aromatic rings. The number of anilines is 1. The third-order valence-electron chi connectivity index (χ3n) is 4.27. The maximum atomic E-state index is 12.4. The third-order valence-corrected chi connectivity index (χ3v) is 4.27. The number of hydrogen-bond acceptors (Lipinski definition) is 5. The zero-order valence-electron chi connectivity index (χ0n) is 14.6. The molecule has 1 aliphatic heterocycles. The number of nitrogens with zero attached hydrogens (tertiary/aromatic N) is 1. The summed E-state index contributed by atoms with van der Waals surface area (Å²) in [6, 6.07) is 13.7. The van der Waals surface area contributed by atoms with E-state index in [0.29, 0.717) is 17.9 Å². The molecule has 6 heteroatoms. The Hall–Kier alpha value is -3.15. The second kappa shape index (κ2) is 7.39. The number of amides is 1. The van der Waals surface area contributed by atoms with Crippen LogP contribution in [0.5, 0.6) is 5.75 Å². The molecule has 2 aromatic carbocycles. The number of carbonyl (C=O) groups is 3. The van der Waals surface area contributed by atoms with E-state index in [0.717, 1.165) is 11.3 Å². The lowest BCUT2D eigenvalue weighted by molar-refractivity contribution is -0.139. The standard InChI is InChI=1S/C20H19NO5/c1-13-4-3-5-16(10-13)21-12-15(11-18(21)22)20(24)26-17-8-6-14(7-9-17)19(23)25-2/h3-10,15H,11-12H2,1-2H3/t15-/m0/s1. The summed E-state index contributed by atoms with van der Waals surface area (Å²) in [5.41, 5.74) is 2.20. The Morgan fingerprint density at radius 1 is 1.12 bits per heavy atom. The molecule has 6 nitrogen and oxygen atoms in total. The van der Waals surface area contributed by atoms with E-state index in [2.05, 4.69) is 4.74 Å². The summed E-state index contributed by atoms with van der Waals surface area (Å²) >= 11 is 0. The van der Waals surface area contributed by atoms with Gasteiger partial charge in [-0.25, -0.2) is 4.79 Å². The van der Waals surface area contributed by atoms with Crippen molar-refractivity contribution in [1.29, 1.82) is 0 Å². The number of aryl methyl sites for hydroxylation is 1. The first-order valence-corrected chi connectivity index (χ1v) is 8.25. The van der Waals surface area contributed by atoms with Crippen LogP contribution >= 0.6 is 0 Å². The van der Waals surface area contributed by atoms with Crippen molar-refractivity contribution in [2.24, 2.45) is 5.92 Å². The monoisotopic (exact) mass is 353 g/mol. The molecule has 0 unspecified atom stereocenters. The van der Waals surface area contributed by atoms with Gasteiger partial charge < -0.3 is 14.4 Å². The van der Waals surface area contributed by atoms with Crippen LogP contribution in [0.3, 0.4) is 0 Å². The molecule has 0 radical (unpaired) electrons. The third kappa shape index (κ3) is 3.74. The van der Waals surface area contributed by atoms with Gasteiger partial charge in [-0.05, 0) is 48.9 Å². The molecule has 1 amide bonds. The minimum Gasteiger partial charge on any atom is -0.465 e. The van der Waals surface area contributed by atoms with Gasteiger partial charge in [0, 0.05) is 18.7 Å². The van der Waals surface area contributed by atoms with E-state index in [1.54, 1.807) is 4.90 Å². The lowest BCUT2D eigenvalue weighted by Crippen LogP contribution is -2.27. The van der Waals surface area contributed by atoms with Gasteiger partial charge in [0.25, 0.3) is 0 Å². The summed E-state index contributed by atoms with van der Waals surface area (Å²) in [6.45, 7) is 2.25. The van der Waals surface area contributed by atoms with Crippen molar-refractivity contribution in [2.45, 2.75) is 13.3 Å². The summed E-state index contributed by atoms with van der Waals surface area (Å²) in [5, 5.41) is 0. The zero-order valence-corrected chi connectivity index (χ0v) is 14.6. The highest BCUT2D eigenvalue weighted by atomic mass is 16.5. The molecular formula is C20H19NO5. The molecule has 0 N–H and O–H groups in total. The predicted molar refractivity (Wildman–Crippen MR) is 95.1 cm³/mol. The number of methoxy groups -OCH3 is 1. The molecular weight excluding hydrogens is 334 g/mol. The summed E-state index contributed by atoms with van der Waals surface area (Å²) in [5.74, 6) is -1.22. The highest BCUT2D eigenvalue weighted by Crippen LogP contribution is 2.27. The van der Waals surface area contributed by atoms with Crippen LogP contribution in [-0.4, -0.2) is 31.5 Å². The van der Waals surface area contributed by atoms with E-state index in [1.807, 2.05) is 31.2 Å². The van der Waals surface area contributed by atoms with Gasteiger partial charge in [0.2, 0.25) is 5.91 Å². The fourth-order valence-corrected chi connectivity index (χ4v) is 2.89. The Labute approximate surface area is 151 Å². The van der Waals surface area contributed by atoms with E-state index in [1.165, 1.54) is 31.4 Å². The number of ether oxygens (including phenoxy) is 2. The highest BCUT2D eigenvalue weighted by molar-refractivity contribution is 5.99. The van der Waals surface area contributed by atoms with E-state index in [9.17, 15) is 14.4 Å². The van der Waals surface area contributed by atoms with E-state index in [-0.39, 0.29) is 12.3 Å². The van der Waals surface area contributed by atoms with Crippen molar-refractivity contribution < 1.29 is 23.9 Å². The number of hydrogen-bond donors (Lipinski definition) is 0. The van der Waals surface area contributed by atoms with Crippen LogP contribution in [-0.2, 0) is 14.3 Å². The lowest BCUT2D eigenvalue weighted by Gasteiger charge is -2.17. The second-order valence-corrected chi connectivity index (χ2v) is 6.18. The zero-order chi connectivity index (χ0) is 18.7. The molecule has 1 atom stereocenters. The van der Waals surface area contributed by atoms with E-state index < -0.39 is 17.9 Å². The fourth-order valence-electron chi connectivity index (χ4n) is 2.89. The quantitative estimate of drug-likeness (QED) is 0.624. The predicted octanol–water partition coefficient (Wildman–Crippen LogP) is 2.74. The lowest BCUT2D eigenvalue weighted by atomic mass is 10.1. The van der Waals surface area contributed by atoms with Gasteiger partial charge in [-0.3, -0.25) is 9.59 Å². The van der Waals surface area contributed by atoms with Crippen LogP contribution in [0.2, 0.25) is 0 Å². The molecule has 0 aromatic heterocycles. The maximum absolute atomic E-state index is 12.4. The van der Waals surface area contributed by atoms with Crippen LogP contribution in [0.4, 0.5) is 5.69 Å². The largest absolute Gasteiger partial charge is 0.465 e. The maximum Gasteiger partial charge on any atom is 0.337 e. The first kappa shape index (κ1) is 17.7. The molecule has 0 spiro atoms. The van der Waals surface area contributed by atoms with Crippen molar-refractivity contribution in [2.75, 3.05) is 18.6 Å². The summed E-state index contributed by atoms with van der Waals surface area (Å²) in [7, 11) is 1.30. The average Bonchev–Trinajstić information content (AvgIpc) is 3.03. The number of benzene rings is 2. The van der Waals surface area contributed by atoms with Crippen LogP contribution < -0.4 is 9.64 Å². The average molecular weight is 353 g/mol. The molecule has 1 heterocycles. The number of rotatable bonds is 4. The second-order valence-electron chi connectivity index (χ2n) is 6.18. The van der Waals surface area contributed by atoms with Gasteiger partial charge in [-0.1, -0.05) is 12.1 Å². The van der Waals surface area contributed by atoms with Gasteiger partial charge in [0.1, 0.15) is 5.75 Å². The van der Waals surface area contributed by atoms with Crippen molar-refractivity contribution in [3.8, 4) is 5.75 Å². The summed E-state index contributed by atoms with van der Waals surface area (Å²) < 4.78 is 9.98. The van der Waals surface area contributed by atoms with Gasteiger partial charge >= 0.3 is 11.9 Å². The Morgan fingerprint density at radius 3 is 2.50 bits per heavy atom. The molecule has 3 rings (SSSR count). The summed E-state index contributed by atoms with van der Waals surface area (Å²) in [6.07, 6.45) is 0.118. The van der Waals surface area contributed by atoms with Crippen LogP contribution in [0, 0.1) is 12.8 Å². The number of carbonyl (C=O) groups excluding carboxylic acids is 3. The van der Waals surface area contributed by atoms with Crippen LogP contribution in [0.1, 0.15) is 22.3 Å². The molecule has 26 heavy (non-hydrogen) atoms. The molecule has 134 valence electrons. The van der Waals surface area contributed by atoms with Crippen molar-refractivity contribution >= 4 is 23.5 Å². The minimum absolute atomic E-state index is 0.0985. The molecule has 1 fully saturated rings. The van der Waals surface area contributed by atoms with Gasteiger partial charge in [0.15, 0.2) is 0 Å². The minimum atomic E-state index is -0.525. The topological polar surface area (TPSA) is 72.9 Å². The van der Waals surface area contributed by atoms with Crippen LogP contribution in [0.25, 0.3) is 0 Å². The number of esters is 2. The Bertz CT molecular complexity index is 844.